The van der Waals surface area contributed by atoms with E-state index in [0.29, 0.717) is 12.4 Å². The van der Waals surface area contributed by atoms with Crippen molar-refractivity contribution in [2.24, 2.45) is 0 Å². The second-order valence-electron chi connectivity index (χ2n) is 4.41. The van der Waals surface area contributed by atoms with E-state index in [-0.39, 0.29) is 5.56 Å². The summed E-state index contributed by atoms with van der Waals surface area (Å²) in [5.74, 6) is 0.459. The molecule has 0 aliphatic rings. The Morgan fingerprint density at radius 2 is 2.05 bits per heavy atom. The SMILES string of the molecule is CCCN(Cc1ccc(N)cc1)c1ncc[nH]c1=O. The van der Waals surface area contributed by atoms with Crippen molar-refractivity contribution < 1.29 is 0 Å². The molecule has 0 atom stereocenters. The van der Waals surface area contributed by atoms with Crippen LogP contribution in [0.2, 0.25) is 0 Å². The third kappa shape index (κ3) is 3.34. The summed E-state index contributed by atoms with van der Waals surface area (Å²) in [6, 6.07) is 7.66. The van der Waals surface area contributed by atoms with Gasteiger partial charge in [-0.15, -0.1) is 0 Å². The van der Waals surface area contributed by atoms with E-state index in [1.165, 1.54) is 0 Å². The van der Waals surface area contributed by atoms with Gasteiger partial charge in [0.1, 0.15) is 0 Å². The minimum absolute atomic E-state index is 0.161. The lowest BCUT2D eigenvalue weighted by molar-refractivity contribution is 0.747. The van der Waals surface area contributed by atoms with Crippen molar-refractivity contribution in [3.63, 3.8) is 0 Å². The zero-order chi connectivity index (χ0) is 13.7. The average Bonchev–Trinajstić information content (AvgIpc) is 2.41. The van der Waals surface area contributed by atoms with Gasteiger partial charge in [-0.1, -0.05) is 19.1 Å². The largest absolute Gasteiger partial charge is 0.399 e. The molecule has 1 aromatic carbocycles. The molecule has 5 nitrogen and oxygen atoms in total. The van der Waals surface area contributed by atoms with Crippen LogP contribution in [-0.4, -0.2) is 16.5 Å². The molecule has 0 saturated carbocycles. The van der Waals surface area contributed by atoms with Crippen LogP contribution in [0.4, 0.5) is 11.5 Å². The molecule has 0 fully saturated rings. The molecule has 100 valence electrons. The lowest BCUT2D eigenvalue weighted by Crippen LogP contribution is -2.30. The topological polar surface area (TPSA) is 75.0 Å². The Hall–Kier alpha value is -2.30. The fourth-order valence-corrected chi connectivity index (χ4v) is 1.94. The first kappa shape index (κ1) is 13.1. The van der Waals surface area contributed by atoms with Gasteiger partial charge >= 0.3 is 0 Å². The molecule has 1 heterocycles. The van der Waals surface area contributed by atoms with Gasteiger partial charge in [0.25, 0.3) is 5.56 Å². The van der Waals surface area contributed by atoms with Gasteiger partial charge in [0.15, 0.2) is 5.82 Å². The molecule has 0 amide bonds. The summed E-state index contributed by atoms with van der Waals surface area (Å²) in [5.41, 5.74) is 7.35. The first-order chi connectivity index (χ1) is 9.20. The van der Waals surface area contributed by atoms with E-state index in [1.807, 2.05) is 29.2 Å². The number of aromatic amines is 1. The summed E-state index contributed by atoms with van der Waals surface area (Å²) in [6.45, 7) is 3.51. The van der Waals surface area contributed by atoms with Crippen molar-refractivity contribution in [3.8, 4) is 0 Å². The number of anilines is 2. The van der Waals surface area contributed by atoms with Gasteiger partial charge in [-0.05, 0) is 24.1 Å². The normalized spacial score (nSPS) is 10.4. The number of hydrogen-bond acceptors (Lipinski definition) is 4. The molecular weight excluding hydrogens is 240 g/mol. The number of nitrogens with two attached hydrogens (primary N) is 1. The van der Waals surface area contributed by atoms with E-state index >= 15 is 0 Å². The molecule has 0 radical (unpaired) electrons. The van der Waals surface area contributed by atoms with Crippen LogP contribution >= 0.6 is 0 Å². The molecule has 3 N–H and O–H groups in total. The van der Waals surface area contributed by atoms with Gasteiger partial charge < -0.3 is 15.6 Å². The van der Waals surface area contributed by atoms with E-state index in [9.17, 15) is 4.79 Å². The Bertz CT molecular complexity index is 576. The minimum Gasteiger partial charge on any atom is -0.399 e. The smallest absolute Gasteiger partial charge is 0.290 e. The van der Waals surface area contributed by atoms with Crippen molar-refractivity contribution in [1.29, 1.82) is 0 Å². The maximum absolute atomic E-state index is 11.8. The van der Waals surface area contributed by atoms with Crippen LogP contribution in [0.3, 0.4) is 0 Å². The summed E-state index contributed by atoms with van der Waals surface area (Å²) >= 11 is 0. The fourth-order valence-electron chi connectivity index (χ4n) is 1.94. The summed E-state index contributed by atoms with van der Waals surface area (Å²) in [4.78, 5) is 20.6. The number of nitrogen functional groups attached to an aromatic ring is 1. The highest BCUT2D eigenvalue weighted by atomic mass is 16.1. The lowest BCUT2D eigenvalue weighted by atomic mass is 10.2. The van der Waals surface area contributed by atoms with E-state index < -0.39 is 0 Å². The Kier molecular flexibility index (Phi) is 4.18. The first-order valence-electron chi connectivity index (χ1n) is 6.33. The van der Waals surface area contributed by atoms with Gasteiger partial charge in [0.05, 0.1) is 0 Å². The third-order valence-corrected chi connectivity index (χ3v) is 2.84. The number of rotatable bonds is 5. The molecule has 0 unspecified atom stereocenters. The number of hydrogen-bond donors (Lipinski definition) is 2. The van der Waals surface area contributed by atoms with E-state index in [0.717, 1.165) is 24.2 Å². The maximum Gasteiger partial charge on any atom is 0.290 e. The van der Waals surface area contributed by atoms with Crippen molar-refractivity contribution in [2.45, 2.75) is 19.9 Å². The monoisotopic (exact) mass is 258 g/mol. The first-order valence-corrected chi connectivity index (χ1v) is 6.33. The highest BCUT2D eigenvalue weighted by Gasteiger charge is 2.11. The number of nitrogens with one attached hydrogen (secondary N) is 1. The van der Waals surface area contributed by atoms with Crippen molar-refractivity contribution in [1.82, 2.24) is 9.97 Å². The quantitative estimate of drug-likeness (QED) is 0.801. The third-order valence-electron chi connectivity index (χ3n) is 2.84. The van der Waals surface area contributed by atoms with E-state index in [1.54, 1.807) is 12.4 Å². The molecule has 0 saturated heterocycles. The highest BCUT2D eigenvalue weighted by molar-refractivity contribution is 5.42. The van der Waals surface area contributed by atoms with Crippen LogP contribution in [0, 0.1) is 0 Å². The molecule has 0 spiro atoms. The van der Waals surface area contributed by atoms with Gasteiger partial charge in [-0.3, -0.25) is 4.79 Å². The molecule has 2 rings (SSSR count). The van der Waals surface area contributed by atoms with Gasteiger partial charge in [-0.2, -0.15) is 0 Å². The van der Waals surface area contributed by atoms with E-state index in [4.69, 9.17) is 5.73 Å². The van der Waals surface area contributed by atoms with Crippen LogP contribution in [-0.2, 0) is 6.54 Å². The number of aromatic nitrogens is 2. The maximum atomic E-state index is 11.8. The molecule has 0 aliphatic carbocycles. The Balaban J connectivity index is 2.23. The van der Waals surface area contributed by atoms with Crippen LogP contribution in [0.25, 0.3) is 0 Å². The second kappa shape index (κ2) is 6.04. The zero-order valence-electron chi connectivity index (χ0n) is 11.0. The molecule has 0 bridgehead atoms. The standard InChI is InChI=1S/C14H18N4O/c1-2-9-18(13-14(19)17-8-7-16-13)10-11-3-5-12(15)6-4-11/h3-8H,2,9-10,15H2,1H3,(H,17,19). The van der Waals surface area contributed by atoms with Crippen LogP contribution in [0.1, 0.15) is 18.9 Å². The average molecular weight is 258 g/mol. The summed E-state index contributed by atoms with van der Waals surface area (Å²) in [5, 5.41) is 0. The van der Waals surface area contributed by atoms with Crippen LogP contribution in [0.5, 0.6) is 0 Å². The van der Waals surface area contributed by atoms with Crippen LogP contribution < -0.4 is 16.2 Å². The lowest BCUT2D eigenvalue weighted by Gasteiger charge is -2.22. The van der Waals surface area contributed by atoms with Crippen molar-refractivity contribution in [3.05, 3.63) is 52.6 Å². The van der Waals surface area contributed by atoms with Crippen molar-refractivity contribution >= 4 is 11.5 Å². The molecular formula is C14H18N4O. The molecule has 0 aliphatic heterocycles. The minimum atomic E-state index is -0.161. The fraction of sp³-hybridized carbons (Fsp3) is 0.286. The Labute approximate surface area is 112 Å². The molecule has 1 aromatic heterocycles. The summed E-state index contributed by atoms with van der Waals surface area (Å²) < 4.78 is 0. The van der Waals surface area contributed by atoms with Crippen molar-refractivity contribution in [2.75, 3.05) is 17.2 Å². The summed E-state index contributed by atoms with van der Waals surface area (Å²) in [6.07, 6.45) is 4.09. The molecule has 5 heteroatoms. The number of nitrogens with zero attached hydrogens (tertiary/aromatic N) is 2. The predicted octanol–water partition coefficient (Wildman–Crippen LogP) is 1.77. The molecule has 19 heavy (non-hydrogen) atoms. The Morgan fingerprint density at radius 1 is 1.32 bits per heavy atom. The highest BCUT2D eigenvalue weighted by Crippen LogP contribution is 2.12. The van der Waals surface area contributed by atoms with Gasteiger partial charge in [-0.25, -0.2) is 4.98 Å². The second-order valence-corrected chi connectivity index (χ2v) is 4.41. The van der Waals surface area contributed by atoms with Gasteiger partial charge in [0, 0.05) is 31.2 Å². The number of benzene rings is 1. The molecule has 2 aromatic rings. The van der Waals surface area contributed by atoms with E-state index in [2.05, 4.69) is 16.9 Å². The zero-order valence-corrected chi connectivity index (χ0v) is 11.0. The Morgan fingerprint density at radius 3 is 2.68 bits per heavy atom. The number of H-pyrrole nitrogens is 1. The van der Waals surface area contributed by atoms with Crippen LogP contribution in [0.15, 0.2) is 41.5 Å². The summed E-state index contributed by atoms with van der Waals surface area (Å²) in [7, 11) is 0. The predicted molar refractivity (Wildman–Crippen MR) is 77.1 cm³/mol. The van der Waals surface area contributed by atoms with Gasteiger partial charge in [0.2, 0.25) is 0 Å².